The molecule has 1 heterocycles. The molecule has 14 heavy (non-hydrogen) atoms. The SMILES string of the molecule is CC(C)(C)[C@@H](N)C(=O)Nc1nccs1. The highest BCUT2D eigenvalue weighted by Gasteiger charge is 2.27. The number of carbonyl (C=O) groups is 1. The van der Waals surface area contributed by atoms with E-state index in [4.69, 9.17) is 5.73 Å². The van der Waals surface area contributed by atoms with Gasteiger partial charge in [0.25, 0.3) is 0 Å². The number of hydrogen-bond donors (Lipinski definition) is 2. The van der Waals surface area contributed by atoms with E-state index < -0.39 is 6.04 Å². The van der Waals surface area contributed by atoms with Crippen molar-refractivity contribution < 1.29 is 4.79 Å². The fraction of sp³-hybridized carbons (Fsp3) is 0.556. The van der Waals surface area contributed by atoms with Gasteiger partial charge in [-0.1, -0.05) is 20.8 Å². The number of amides is 1. The lowest BCUT2D eigenvalue weighted by Crippen LogP contribution is -2.45. The molecule has 0 saturated carbocycles. The van der Waals surface area contributed by atoms with Crippen LogP contribution >= 0.6 is 11.3 Å². The van der Waals surface area contributed by atoms with Gasteiger partial charge in [-0.05, 0) is 5.41 Å². The van der Waals surface area contributed by atoms with Crippen molar-refractivity contribution in [1.29, 1.82) is 0 Å². The molecule has 1 amide bonds. The molecule has 0 spiro atoms. The van der Waals surface area contributed by atoms with Crippen LogP contribution < -0.4 is 11.1 Å². The standard InChI is InChI=1S/C9H15N3OS/c1-9(2,3)6(10)7(13)12-8-11-4-5-14-8/h4-6H,10H2,1-3H3,(H,11,12,13)/t6-/m0/s1. The molecule has 3 N–H and O–H groups in total. The Morgan fingerprint density at radius 1 is 1.64 bits per heavy atom. The fourth-order valence-corrected chi connectivity index (χ4v) is 1.39. The smallest absolute Gasteiger partial charge is 0.243 e. The lowest BCUT2D eigenvalue weighted by atomic mass is 9.87. The highest BCUT2D eigenvalue weighted by atomic mass is 32.1. The Kier molecular flexibility index (Phi) is 3.23. The first-order valence-corrected chi connectivity index (χ1v) is 5.25. The third kappa shape index (κ3) is 2.78. The lowest BCUT2D eigenvalue weighted by molar-refractivity contribution is -0.119. The van der Waals surface area contributed by atoms with Crippen LogP contribution in [0.1, 0.15) is 20.8 Å². The van der Waals surface area contributed by atoms with Gasteiger partial charge in [0.05, 0.1) is 6.04 Å². The van der Waals surface area contributed by atoms with Crippen LogP contribution in [-0.2, 0) is 4.79 Å². The van der Waals surface area contributed by atoms with Gasteiger partial charge in [-0.3, -0.25) is 4.79 Å². The van der Waals surface area contributed by atoms with E-state index in [2.05, 4.69) is 10.3 Å². The third-order valence-electron chi connectivity index (χ3n) is 1.88. The van der Waals surface area contributed by atoms with Crippen LogP contribution in [0.4, 0.5) is 5.13 Å². The summed E-state index contributed by atoms with van der Waals surface area (Å²) in [4.78, 5) is 15.5. The van der Waals surface area contributed by atoms with Gasteiger partial charge in [-0.2, -0.15) is 0 Å². The minimum atomic E-state index is -0.522. The van der Waals surface area contributed by atoms with Gasteiger partial charge < -0.3 is 11.1 Å². The van der Waals surface area contributed by atoms with E-state index in [1.165, 1.54) is 11.3 Å². The second kappa shape index (κ2) is 4.06. The Balaban J connectivity index is 2.59. The van der Waals surface area contributed by atoms with Crippen LogP contribution in [0.3, 0.4) is 0 Å². The summed E-state index contributed by atoms with van der Waals surface area (Å²) in [6.07, 6.45) is 1.64. The molecule has 0 bridgehead atoms. The first-order chi connectivity index (χ1) is 6.41. The number of nitrogens with one attached hydrogen (secondary N) is 1. The largest absolute Gasteiger partial charge is 0.319 e. The Hall–Kier alpha value is -0.940. The zero-order valence-corrected chi connectivity index (χ0v) is 9.39. The number of hydrogen-bond acceptors (Lipinski definition) is 4. The van der Waals surface area contributed by atoms with E-state index in [0.29, 0.717) is 5.13 Å². The van der Waals surface area contributed by atoms with Gasteiger partial charge in [-0.15, -0.1) is 11.3 Å². The number of carbonyl (C=O) groups excluding carboxylic acids is 1. The van der Waals surface area contributed by atoms with E-state index in [9.17, 15) is 4.79 Å². The maximum Gasteiger partial charge on any atom is 0.243 e. The molecule has 0 aliphatic heterocycles. The Morgan fingerprint density at radius 3 is 2.71 bits per heavy atom. The predicted molar refractivity (Wildman–Crippen MR) is 58.2 cm³/mol. The highest BCUT2D eigenvalue weighted by Crippen LogP contribution is 2.19. The fourth-order valence-electron chi connectivity index (χ4n) is 0.862. The zero-order chi connectivity index (χ0) is 10.8. The van der Waals surface area contributed by atoms with Gasteiger partial charge in [-0.25, -0.2) is 4.98 Å². The van der Waals surface area contributed by atoms with Crippen LogP contribution in [0.25, 0.3) is 0 Å². The van der Waals surface area contributed by atoms with E-state index >= 15 is 0 Å². The molecule has 0 radical (unpaired) electrons. The summed E-state index contributed by atoms with van der Waals surface area (Å²) in [5, 5.41) is 5.07. The number of nitrogens with two attached hydrogens (primary N) is 1. The van der Waals surface area contributed by atoms with Gasteiger partial charge >= 0.3 is 0 Å². The zero-order valence-electron chi connectivity index (χ0n) is 8.57. The first-order valence-electron chi connectivity index (χ1n) is 4.37. The van der Waals surface area contributed by atoms with Crippen LogP contribution in [0, 0.1) is 5.41 Å². The quantitative estimate of drug-likeness (QED) is 0.781. The molecular weight excluding hydrogens is 198 g/mol. The molecule has 0 fully saturated rings. The molecule has 0 aliphatic rings. The van der Waals surface area contributed by atoms with Gasteiger partial charge in [0.15, 0.2) is 5.13 Å². The summed E-state index contributed by atoms with van der Waals surface area (Å²) in [5.41, 5.74) is 5.54. The van der Waals surface area contributed by atoms with Crippen molar-refractivity contribution in [1.82, 2.24) is 4.98 Å². The Bertz CT molecular complexity index is 302. The first kappa shape index (κ1) is 11.1. The highest BCUT2D eigenvalue weighted by molar-refractivity contribution is 7.13. The lowest BCUT2D eigenvalue weighted by Gasteiger charge is -2.25. The summed E-state index contributed by atoms with van der Waals surface area (Å²) in [6, 6.07) is -0.522. The number of nitrogens with zero attached hydrogens (tertiary/aromatic N) is 1. The maximum absolute atomic E-state index is 11.6. The minimum absolute atomic E-state index is 0.188. The molecule has 0 unspecified atom stereocenters. The Labute approximate surface area is 87.5 Å². The average molecular weight is 213 g/mol. The predicted octanol–water partition coefficient (Wildman–Crippen LogP) is 1.45. The molecule has 0 saturated heterocycles. The summed E-state index contributed by atoms with van der Waals surface area (Å²) in [5.74, 6) is -0.188. The number of thiazole rings is 1. The second-order valence-corrected chi connectivity index (χ2v) is 5.06. The molecule has 0 aromatic carbocycles. The van der Waals surface area contributed by atoms with Gasteiger partial charge in [0, 0.05) is 11.6 Å². The van der Waals surface area contributed by atoms with Crippen molar-refractivity contribution in [3.05, 3.63) is 11.6 Å². The van der Waals surface area contributed by atoms with Crippen molar-refractivity contribution in [3.63, 3.8) is 0 Å². The summed E-state index contributed by atoms with van der Waals surface area (Å²) >= 11 is 1.38. The van der Waals surface area contributed by atoms with Crippen molar-refractivity contribution >= 4 is 22.4 Å². The van der Waals surface area contributed by atoms with E-state index in [0.717, 1.165) is 0 Å². The van der Waals surface area contributed by atoms with Crippen LogP contribution in [0.15, 0.2) is 11.6 Å². The number of anilines is 1. The molecule has 1 aromatic heterocycles. The molecule has 1 aromatic rings. The molecule has 1 rings (SSSR count). The molecule has 0 aliphatic carbocycles. The minimum Gasteiger partial charge on any atom is -0.319 e. The maximum atomic E-state index is 11.6. The molecule has 5 heteroatoms. The van der Waals surface area contributed by atoms with Crippen molar-refractivity contribution in [2.45, 2.75) is 26.8 Å². The van der Waals surface area contributed by atoms with Crippen LogP contribution in [-0.4, -0.2) is 16.9 Å². The molecule has 78 valence electrons. The number of aromatic nitrogens is 1. The second-order valence-electron chi connectivity index (χ2n) is 4.17. The number of rotatable bonds is 2. The molecule has 1 atom stereocenters. The topological polar surface area (TPSA) is 68.0 Å². The molecular formula is C9H15N3OS. The normalized spacial score (nSPS) is 13.7. The van der Waals surface area contributed by atoms with Crippen LogP contribution in [0.2, 0.25) is 0 Å². The van der Waals surface area contributed by atoms with E-state index in [1.807, 2.05) is 20.8 Å². The van der Waals surface area contributed by atoms with E-state index in [1.54, 1.807) is 11.6 Å². The van der Waals surface area contributed by atoms with Crippen molar-refractivity contribution in [3.8, 4) is 0 Å². The van der Waals surface area contributed by atoms with Crippen LogP contribution in [0.5, 0.6) is 0 Å². The summed E-state index contributed by atoms with van der Waals surface area (Å²) in [6.45, 7) is 5.79. The van der Waals surface area contributed by atoms with Crippen molar-refractivity contribution in [2.24, 2.45) is 11.1 Å². The monoisotopic (exact) mass is 213 g/mol. The molecule has 4 nitrogen and oxygen atoms in total. The Morgan fingerprint density at radius 2 is 2.29 bits per heavy atom. The van der Waals surface area contributed by atoms with E-state index in [-0.39, 0.29) is 11.3 Å². The average Bonchev–Trinajstić information content (AvgIpc) is 2.53. The summed E-state index contributed by atoms with van der Waals surface area (Å²) < 4.78 is 0. The van der Waals surface area contributed by atoms with Gasteiger partial charge in [0.1, 0.15) is 0 Å². The summed E-state index contributed by atoms with van der Waals surface area (Å²) in [7, 11) is 0. The third-order valence-corrected chi connectivity index (χ3v) is 2.57. The van der Waals surface area contributed by atoms with Crippen molar-refractivity contribution in [2.75, 3.05) is 5.32 Å². The van der Waals surface area contributed by atoms with Gasteiger partial charge in [0.2, 0.25) is 5.91 Å².